The molecule has 0 saturated carbocycles. The first-order valence-corrected chi connectivity index (χ1v) is 11.7. The SMILES string of the molecule is CC(C)(CNC(=O)c1ccc(S(=O)(=O)Nc2ccc(F)cc2)cc1)c1ccc2c(c1)OCO2. The second-order valence-corrected chi connectivity index (χ2v) is 9.95. The van der Waals surface area contributed by atoms with Crippen LogP contribution in [0.15, 0.2) is 71.6 Å². The Morgan fingerprint density at radius 3 is 2.33 bits per heavy atom. The van der Waals surface area contributed by atoms with Crippen LogP contribution < -0.4 is 19.5 Å². The van der Waals surface area contributed by atoms with Crippen molar-refractivity contribution in [3.05, 3.63) is 83.7 Å². The van der Waals surface area contributed by atoms with E-state index >= 15 is 0 Å². The molecule has 1 amide bonds. The van der Waals surface area contributed by atoms with Gasteiger partial charge in [-0.25, -0.2) is 12.8 Å². The molecule has 1 aliphatic heterocycles. The van der Waals surface area contributed by atoms with Crippen LogP contribution in [0.1, 0.15) is 29.8 Å². The Balaban J connectivity index is 1.40. The Hall–Kier alpha value is -3.59. The lowest BCUT2D eigenvalue weighted by Crippen LogP contribution is -2.36. The van der Waals surface area contributed by atoms with Crippen molar-refractivity contribution in [2.75, 3.05) is 18.1 Å². The van der Waals surface area contributed by atoms with Gasteiger partial charge in [-0.1, -0.05) is 19.9 Å². The van der Waals surface area contributed by atoms with Crippen molar-refractivity contribution < 1.29 is 27.1 Å². The molecule has 2 N–H and O–H groups in total. The summed E-state index contributed by atoms with van der Waals surface area (Å²) in [6.45, 7) is 4.56. The largest absolute Gasteiger partial charge is 0.454 e. The number of nitrogens with one attached hydrogen (secondary N) is 2. The monoisotopic (exact) mass is 470 g/mol. The number of benzene rings is 3. The summed E-state index contributed by atoms with van der Waals surface area (Å²) in [5.41, 5.74) is 1.18. The summed E-state index contributed by atoms with van der Waals surface area (Å²) in [5, 5.41) is 2.90. The molecule has 33 heavy (non-hydrogen) atoms. The summed E-state index contributed by atoms with van der Waals surface area (Å²) in [7, 11) is -3.87. The lowest BCUT2D eigenvalue weighted by Gasteiger charge is -2.26. The molecule has 0 saturated heterocycles. The maximum absolute atomic E-state index is 13.0. The Labute approximate surface area is 191 Å². The van der Waals surface area contributed by atoms with Crippen molar-refractivity contribution in [3.8, 4) is 11.5 Å². The zero-order valence-electron chi connectivity index (χ0n) is 18.1. The van der Waals surface area contributed by atoms with E-state index in [1.807, 2.05) is 32.0 Å². The number of hydrogen-bond donors (Lipinski definition) is 2. The van der Waals surface area contributed by atoms with Crippen molar-refractivity contribution in [1.29, 1.82) is 0 Å². The molecule has 0 fully saturated rings. The molecule has 3 aromatic carbocycles. The number of hydrogen-bond acceptors (Lipinski definition) is 5. The fourth-order valence-electron chi connectivity index (χ4n) is 3.34. The van der Waals surface area contributed by atoms with E-state index in [-0.39, 0.29) is 28.7 Å². The van der Waals surface area contributed by atoms with Gasteiger partial charge >= 0.3 is 0 Å². The number of ether oxygens (including phenoxy) is 2. The first-order valence-electron chi connectivity index (χ1n) is 10.2. The van der Waals surface area contributed by atoms with Gasteiger partial charge in [0.2, 0.25) is 6.79 Å². The van der Waals surface area contributed by atoms with Crippen LogP contribution in [0.4, 0.5) is 10.1 Å². The van der Waals surface area contributed by atoms with Gasteiger partial charge in [0, 0.05) is 23.2 Å². The highest BCUT2D eigenvalue weighted by Gasteiger charge is 2.25. The average molecular weight is 471 g/mol. The van der Waals surface area contributed by atoms with Crippen LogP contribution in [0.25, 0.3) is 0 Å². The molecule has 9 heteroatoms. The second kappa shape index (κ2) is 8.74. The number of carbonyl (C=O) groups excluding carboxylic acids is 1. The third-order valence-electron chi connectivity index (χ3n) is 5.37. The van der Waals surface area contributed by atoms with Crippen LogP contribution >= 0.6 is 0 Å². The maximum atomic E-state index is 13.0. The molecule has 0 aromatic heterocycles. The van der Waals surface area contributed by atoms with E-state index in [0.717, 1.165) is 17.7 Å². The summed E-state index contributed by atoms with van der Waals surface area (Å²) in [6.07, 6.45) is 0. The molecule has 1 heterocycles. The van der Waals surface area contributed by atoms with E-state index in [0.29, 0.717) is 23.6 Å². The molecule has 3 aromatic rings. The van der Waals surface area contributed by atoms with Crippen LogP contribution in [0.3, 0.4) is 0 Å². The van der Waals surface area contributed by atoms with E-state index in [4.69, 9.17) is 9.47 Å². The Bertz CT molecular complexity index is 1270. The standard InChI is InChI=1S/C24H23FN2O5S/c1-24(2,17-5-12-21-22(13-17)32-15-31-21)14-26-23(28)16-3-10-20(11-4-16)33(29,30)27-19-8-6-18(25)7-9-19/h3-13,27H,14-15H2,1-2H3,(H,26,28). The first-order chi connectivity index (χ1) is 15.6. The number of anilines is 1. The van der Waals surface area contributed by atoms with Crippen molar-refractivity contribution in [1.82, 2.24) is 5.32 Å². The van der Waals surface area contributed by atoms with Crippen molar-refractivity contribution in [2.24, 2.45) is 0 Å². The smallest absolute Gasteiger partial charge is 0.261 e. The van der Waals surface area contributed by atoms with Gasteiger partial charge in [0.1, 0.15) is 5.82 Å². The molecule has 1 aliphatic rings. The second-order valence-electron chi connectivity index (χ2n) is 8.27. The van der Waals surface area contributed by atoms with Gasteiger partial charge in [-0.3, -0.25) is 9.52 Å². The first kappa shape index (κ1) is 22.6. The van der Waals surface area contributed by atoms with Gasteiger partial charge in [-0.15, -0.1) is 0 Å². The zero-order chi connectivity index (χ0) is 23.6. The maximum Gasteiger partial charge on any atom is 0.261 e. The third kappa shape index (κ3) is 5.09. The predicted molar refractivity (Wildman–Crippen MR) is 122 cm³/mol. The molecule has 4 rings (SSSR count). The molecule has 7 nitrogen and oxygen atoms in total. The summed E-state index contributed by atoms with van der Waals surface area (Å²) in [5.74, 6) is 0.592. The molecular formula is C24H23FN2O5S. The fourth-order valence-corrected chi connectivity index (χ4v) is 4.40. The Morgan fingerprint density at radius 2 is 1.64 bits per heavy atom. The number of amides is 1. The van der Waals surface area contributed by atoms with Crippen LogP contribution in [0.5, 0.6) is 11.5 Å². The van der Waals surface area contributed by atoms with E-state index < -0.39 is 15.8 Å². The molecule has 0 spiro atoms. The lowest BCUT2D eigenvalue weighted by atomic mass is 9.84. The molecular weight excluding hydrogens is 447 g/mol. The van der Waals surface area contributed by atoms with Crippen molar-refractivity contribution in [3.63, 3.8) is 0 Å². The highest BCUT2D eigenvalue weighted by atomic mass is 32.2. The third-order valence-corrected chi connectivity index (χ3v) is 6.77. The van der Waals surface area contributed by atoms with Crippen molar-refractivity contribution >= 4 is 21.6 Å². The number of fused-ring (bicyclic) bond motifs is 1. The van der Waals surface area contributed by atoms with Gasteiger partial charge in [0.25, 0.3) is 15.9 Å². The molecule has 172 valence electrons. The summed E-state index contributed by atoms with van der Waals surface area (Å²) < 4.78 is 51.2. The van der Waals surface area contributed by atoms with Gasteiger partial charge in [0.15, 0.2) is 11.5 Å². The topological polar surface area (TPSA) is 93.7 Å². The number of halogens is 1. The van der Waals surface area contributed by atoms with Crippen LogP contribution in [0.2, 0.25) is 0 Å². The highest BCUT2D eigenvalue weighted by Crippen LogP contribution is 2.36. The normalized spacial score (nSPS) is 12.9. The Kier molecular flexibility index (Phi) is 5.99. The molecule has 0 radical (unpaired) electrons. The number of sulfonamides is 1. The zero-order valence-corrected chi connectivity index (χ0v) is 18.9. The minimum absolute atomic E-state index is 0.0101. The number of carbonyl (C=O) groups is 1. The van der Waals surface area contributed by atoms with Gasteiger partial charge in [0.05, 0.1) is 4.90 Å². The van der Waals surface area contributed by atoms with Crippen LogP contribution in [-0.4, -0.2) is 27.7 Å². The van der Waals surface area contributed by atoms with E-state index in [9.17, 15) is 17.6 Å². The quantitative estimate of drug-likeness (QED) is 0.543. The molecule has 0 aliphatic carbocycles. The van der Waals surface area contributed by atoms with E-state index in [1.165, 1.54) is 36.4 Å². The van der Waals surface area contributed by atoms with Crippen LogP contribution in [0, 0.1) is 5.82 Å². The van der Waals surface area contributed by atoms with Crippen molar-refractivity contribution in [2.45, 2.75) is 24.2 Å². The molecule has 0 unspecified atom stereocenters. The summed E-state index contributed by atoms with van der Waals surface area (Å²) in [4.78, 5) is 12.6. The predicted octanol–water partition coefficient (Wildman–Crippen LogP) is 4.06. The number of rotatable bonds is 7. The lowest BCUT2D eigenvalue weighted by molar-refractivity contribution is 0.0945. The minimum Gasteiger partial charge on any atom is -0.454 e. The summed E-state index contributed by atoms with van der Waals surface area (Å²) in [6, 6.07) is 16.3. The van der Waals surface area contributed by atoms with E-state index in [1.54, 1.807) is 0 Å². The molecule has 0 atom stereocenters. The van der Waals surface area contributed by atoms with Gasteiger partial charge in [-0.2, -0.15) is 0 Å². The van der Waals surface area contributed by atoms with Gasteiger partial charge in [-0.05, 0) is 66.2 Å². The minimum atomic E-state index is -3.87. The summed E-state index contributed by atoms with van der Waals surface area (Å²) >= 11 is 0. The van der Waals surface area contributed by atoms with E-state index in [2.05, 4.69) is 10.0 Å². The van der Waals surface area contributed by atoms with Crippen LogP contribution in [-0.2, 0) is 15.4 Å². The van der Waals surface area contributed by atoms with Gasteiger partial charge < -0.3 is 14.8 Å². The molecule has 0 bridgehead atoms. The highest BCUT2D eigenvalue weighted by molar-refractivity contribution is 7.92. The Morgan fingerprint density at radius 1 is 0.970 bits per heavy atom. The average Bonchev–Trinajstić information content (AvgIpc) is 3.27. The fraction of sp³-hybridized carbons (Fsp3) is 0.208.